The van der Waals surface area contributed by atoms with Crippen molar-refractivity contribution in [1.82, 2.24) is 19.9 Å². The summed E-state index contributed by atoms with van der Waals surface area (Å²) in [5, 5.41) is 7.87. The number of hydrogen-bond acceptors (Lipinski definition) is 6. The normalized spacial score (nSPS) is 16.5. The van der Waals surface area contributed by atoms with Crippen LogP contribution in [0.3, 0.4) is 0 Å². The van der Waals surface area contributed by atoms with Crippen molar-refractivity contribution in [3.63, 3.8) is 0 Å². The molecule has 0 saturated heterocycles. The van der Waals surface area contributed by atoms with E-state index in [1.165, 1.54) is 23.5 Å². The molecule has 1 aliphatic carbocycles. The van der Waals surface area contributed by atoms with Crippen molar-refractivity contribution in [2.75, 3.05) is 6.26 Å². The third-order valence-electron chi connectivity index (χ3n) is 3.28. The van der Waals surface area contributed by atoms with Crippen LogP contribution in [0, 0.1) is 0 Å². The maximum absolute atomic E-state index is 11.3. The van der Waals surface area contributed by atoms with Gasteiger partial charge in [0.2, 0.25) is 5.89 Å². The quantitative estimate of drug-likeness (QED) is 0.830. The molecular formula is C11H14N4O3S. The van der Waals surface area contributed by atoms with Gasteiger partial charge < -0.3 is 4.52 Å². The van der Waals surface area contributed by atoms with Crippen molar-refractivity contribution in [2.24, 2.45) is 0 Å². The molecule has 19 heavy (non-hydrogen) atoms. The van der Waals surface area contributed by atoms with E-state index in [0.717, 1.165) is 19.1 Å². The lowest BCUT2D eigenvalue weighted by atomic mass is 9.85. The van der Waals surface area contributed by atoms with Crippen LogP contribution >= 0.6 is 0 Å². The average Bonchev–Trinajstić information content (AvgIpc) is 2.85. The van der Waals surface area contributed by atoms with Crippen LogP contribution in [0.1, 0.15) is 36.9 Å². The van der Waals surface area contributed by atoms with Crippen LogP contribution in [0.2, 0.25) is 0 Å². The molecule has 102 valence electrons. The van der Waals surface area contributed by atoms with E-state index in [0.29, 0.717) is 24.2 Å². The van der Waals surface area contributed by atoms with Gasteiger partial charge >= 0.3 is 0 Å². The average molecular weight is 282 g/mol. The molecule has 0 atom stereocenters. The Hall–Kier alpha value is -1.70. The van der Waals surface area contributed by atoms with E-state index in [-0.39, 0.29) is 4.90 Å². The predicted molar refractivity (Wildman–Crippen MR) is 65.3 cm³/mol. The van der Waals surface area contributed by atoms with Gasteiger partial charge in [0.1, 0.15) is 11.4 Å². The van der Waals surface area contributed by atoms with Gasteiger partial charge in [-0.2, -0.15) is 10.1 Å². The summed E-state index contributed by atoms with van der Waals surface area (Å²) in [5.74, 6) is 1.59. The smallest absolute Gasteiger partial charge is 0.229 e. The molecule has 0 aromatic carbocycles. The van der Waals surface area contributed by atoms with Gasteiger partial charge in [0.25, 0.3) is 0 Å². The minimum Gasteiger partial charge on any atom is -0.339 e. The zero-order valence-electron chi connectivity index (χ0n) is 10.5. The van der Waals surface area contributed by atoms with Gasteiger partial charge in [-0.3, -0.25) is 4.68 Å². The number of aromatic nitrogens is 4. The summed E-state index contributed by atoms with van der Waals surface area (Å²) >= 11 is 0. The number of rotatable bonds is 4. The molecule has 3 rings (SSSR count). The first-order chi connectivity index (χ1) is 9.02. The minimum absolute atomic E-state index is 0.190. The van der Waals surface area contributed by atoms with Crippen LogP contribution in [0.4, 0.5) is 0 Å². The second-order valence-electron chi connectivity index (χ2n) is 4.82. The van der Waals surface area contributed by atoms with Crippen LogP contribution in [-0.2, 0) is 16.4 Å². The molecule has 2 aromatic heterocycles. The number of hydrogen-bond donors (Lipinski definition) is 0. The summed E-state index contributed by atoms with van der Waals surface area (Å²) in [5.41, 5.74) is 0. The first kappa shape index (κ1) is 12.3. The molecule has 1 fully saturated rings. The molecule has 7 nitrogen and oxygen atoms in total. The molecule has 0 unspecified atom stereocenters. The van der Waals surface area contributed by atoms with Crippen LogP contribution < -0.4 is 0 Å². The molecule has 1 aliphatic rings. The maximum atomic E-state index is 11.3. The lowest BCUT2D eigenvalue weighted by molar-refractivity contribution is 0.290. The lowest BCUT2D eigenvalue weighted by Crippen LogP contribution is -2.09. The van der Waals surface area contributed by atoms with Crippen LogP contribution in [0.25, 0.3) is 0 Å². The summed E-state index contributed by atoms with van der Waals surface area (Å²) in [6.45, 7) is 0.311. The van der Waals surface area contributed by atoms with E-state index in [1.54, 1.807) is 0 Å². The molecule has 0 aliphatic heterocycles. The molecule has 2 aromatic rings. The fourth-order valence-electron chi connectivity index (χ4n) is 1.92. The van der Waals surface area contributed by atoms with Crippen molar-refractivity contribution in [2.45, 2.75) is 36.6 Å². The van der Waals surface area contributed by atoms with Crippen molar-refractivity contribution < 1.29 is 12.9 Å². The largest absolute Gasteiger partial charge is 0.339 e. The van der Waals surface area contributed by atoms with Crippen molar-refractivity contribution in [1.29, 1.82) is 0 Å². The topological polar surface area (TPSA) is 90.9 Å². The second-order valence-corrected chi connectivity index (χ2v) is 6.84. The standard InChI is InChI=1S/C11H14N4O3S/c1-19(16,17)9-5-12-15(6-9)7-10-13-11(18-14-10)8-3-2-4-8/h5-6,8H,2-4,7H2,1H3. The highest BCUT2D eigenvalue weighted by atomic mass is 32.2. The Balaban J connectivity index is 1.74. The first-order valence-corrected chi connectivity index (χ1v) is 7.96. The zero-order chi connectivity index (χ0) is 13.5. The molecule has 0 spiro atoms. The summed E-state index contributed by atoms with van der Waals surface area (Å²) in [6.07, 6.45) is 7.34. The molecule has 1 saturated carbocycles. The van der Waals surface area contributed by atoms with Gasteiger partial charge in [0.05, 0.1) is 6.20 Å². The van der Waals surface area contributed by atoms with Gasteiger partial charge in [-0.1, -0.05) is 11.6 Å². The Kier molecular flexibility index (Phi) is 2.89. The Bertz CT molecular complexity index is 684. The Morgan fingerprint density at radius 1 is 1.47 bits per heavy atom. The molecular weight excluding hydrogens is 268 g/mol. The molecule has 0 N–H and O–H groups in total. The Morgan fingerprint density at radius 2 is 2.26 bits per heavy atom. The van der Waals surface area contributed by atoms with E-state index in [2.05, 4.69) is 15.2 Å². The second kappa shape index (κ2) is 4.44. The van der Waals surface area contributed by atoms with Crippen molar-refractivity contribution in [3.05, 3.63) is 24.1 Å². The minimum atomic E-state index is -3.22. The third kappa shape index (κ3) is 2.53. The molecule has 0 amide bonds. The van der Waals surface area contributed by atoms with Gasteiger partial charge in [0, 0.05) is 18.4 Å². The molecule has 0 bridgehead atoms. The van der Waals surface area contributed by atoms with Gasteiger partial charge in [0.15, 0.2) is 15.7 Å². The van der Waals surface area contributed by atoms with Crippen LogP contribution in [0.5, 0.6) is 0 Å². The summed E-state index contributed by atoms with van der Waals surface area (Å²) in [7, 11) is -3.22. The summed E-state index contributed by atoms with van der Waals surface area (Å²) in [4.78, 5) is 4.50. The van der Waals surface area contributed by atoms with Gasteiger partial charge in [-0.05, 0) is 12.8 Å². The highest BCUT2D eigenvalue weighted by molar-refractivity contribution is 7.90. The fourth-order valence-corrected chi connectivity index (χ4v) is 2.47. The van der Waals surface area contributed by atoms with E-state index in [4.69, 9.17) is 4.52 Å². The highest BCUT2D eigenvalue weighted by Crippen LogP contribution is 2.35. The highest BCUT2D eigenvalue weighted by Gasteiger charge is 2.25. The van der Waals surface area contributed by atoms with Crippen molar-refractivity contribution >= 4 is 9.84 Å². The van der Waals surface area contributed by atoms with Crippen LogP contribution in [-0.4, -0.2) is 34.6 Å². The van der Waals surface area contributed by atoms with Crippen LogP contribution in [0.15, 0.2) is 21.8 Å². The Morgan fingerprint density at radius 3 is 2.84 bits per heavy atom. The van der Waals surface area contributed by atoms with E-state index >= 15 is 0 Å². The van der Waals surface area contributed by atoms with E-state index < -0.39 is 9.84 Å². The molecule has 2 heterocycles. The molecule has 8 heteroatoms. The number of sulfone groups is 1. The molecule has 0 radical (unpaired) electrons. The van der Waals surface area contributed by atoms with Gasteiger partial charge in [-0.25, -0.2) is 8.42 Å². The lowest BCUT2D eigenvalue weighted by Gasteiger charge is -2.20. The maximum Gasteiger partial charge on any atom is 0.229 e. The van der Waals surface area contributed by atoms with E-state index in [1.807, 2.05) is 0 Å². The third-order valence-corrected chi connectivity index (χ3v) is 4.35. The van der Waals surface area contributed by atoms with E-state index in [9.17, 15) is 8.42 Å². The zero-order valence-corrected chi connectivity index (χ0v) is 11.3. The fraction of sp³-hybridized carbons (Fsp3) is 0.545. The van der Waals surface area contributed by atoms with Gasteiger partial charge in [-0.15, -0.1) is 0 Å². The van der Waals surface area contributed by atoms with Crippen molar-refractivity contribution in [3.8, 4) is 0 Å². The monoisotopic (exact) mass is 282 g/mol. The Labute approximate surface area is 110 Å². The summed E-state index contributed by atoms with van der Waals surface area (Å²) < 4.78 is 29.4. The first-order valence-electron chi connectivity index (χ1n) is 6.07. The SMILES string of the molecule is CS(=O)(=O)c1cnn(Cc2noc(C3CCC3)n2)c1. The number of nitrogens with zero attached hydrogens (tertiary/aromatic N) is 4. The predicted octanol–water partition coefficient (Wildman–Crippen LogP) is 0.985. The summed E-state index contributed by atoms with van der Waals surface area (Å²) in [6, 6.07) is 0.